The van der Waals surface area contributed by atoms with E-state index in [0.717, 1.165) is 16.5 Å². The Bertz CT molecular complexity index is 438. The number of carboxylic acid groups (broad SMARTS) is 1. The Labute approximate surface area is 103 Å². The molecule has 1 amide bonds. The van der Waals surface area contributed by atoms with Crippen LogP contribution in [0.15, 0.2) is 17.5 Å². The van der Waals surface area contributed by atoms with Crippen molar-refractivity contribution in [2.24, 2.45) is 0 Å². The molecule has 0 radical (unpaired) electrons. The van der Waals surface area contributed by atoms with E-state index in [9.17, 15) is 9.59 Å². The van der Waals surface area contributed by atoms with E-state index in [1.165, 1.54) is 29.4 Å². The average molecular weight is 255 g/mol. The van der Waals surface area contributed by atoms with Gasteiger partial charge in [0.25, 0.3) is 0 Å². The molecule has 0 unspecified atom stereocenters. The predicted molar refractivity (Wildman–Crippen MR) is 64.9 cm³/mol. The molecule has 1 rings (SSSR count). The number of methoxy groups -OCH3 is 1. The maximum Gasteiger partial charge on any atom is 0.409 e. The van der Waals surface area contributed by atoms with Crippen molar-refractivity contribution in [1.29, 1.82) is 0 Å². The maximum atomic E-state index is 11.2. The molecule has 0 aliphatic rings. The van der Waals surface area contributed by atoms with Crippen LogP contribution in [0.4, 0.5) is 4.79 Å². The van der Waals surface area contributed by atoms with E-state index >= 15 is 0 Å². The molecule has 0 bridgehead atoms. The van der Waals surface area contributed by atoms with E-state index in [4.69, 9.17) is 5.11 Å². The van der Waals surface area contributed by atoms with Crippen molar-refractivity contribution in [2.45, 2.75) is 6.54 Å². The Kier molecular flexibility index (Phi) is 4.71. The van der Waals surface area contributed by atoms with E-state index in [0.29, 0.717) is 6.54 Å². The molecule has 0 fully saturated rings. The molecule has 0 spiro atoms. The Morgan fingerprint density at radius 1 is 1.59 bits per heavy atom. The molecule has 1 N–H and O–H groups in total. The molecule has 17 heavy (non-hydrogen) atoms. The molecule has 0 saturated carbocycles. The third-order valence-corrected chi connectivity index (χ3v) is 2.91. The van der Waals surface area contributed by atoms with E-state index in [2.05, 4.69) is 4.74 Å². The summed E-state index contributed by atoms with van der Waals surface area (Å²) < 4.78 is 4.57. The van der Waals surface area contributed by atoms with Crippen LogP contribution in [0.3, 0.4) is 0 Å². The highest BCUT2D eigenvalue weighted by Crippen LogP contribution is 2.17. The molecule has 0 aliphatic heterocycles. The lowest BCUT2D eigenvalue weighted by Gasteiger charge is -2.13. The van der Waals surface area contributed by atoms with Gasteiger partial charge in [-0.3, -0.25) is 0 Å². The lowest BCUT2D eigenvalue weighted by Crippen LogP contribution is -2.25. The van der Waals surface area contributed by atoms with E-state index in [1.54, 1.807) is 7.05 Å². The molecular formula is C11H13NO4S. The maximum absolute atomic E-state index is 11.2. The minimum absolute atomic E-state index is 0.402. The molecule has 0 aliphatic carbocycles. The molecular weight excluding hydrogens is 242 g/mol. The number of hydrogen-bond donors (Lipinski definition) is 1. The highest BCUT2D eigenvalue weighted by molar-refractivity contribution is 7.10. The first kappa shape index (κ1) is 13.2. The number of carboxylic acids is 1. The van der Waals surface area contributed by atoms with Crippen LogP contribution in [-0.2, 0) is 16.1 Å². The highest BCUT2D eigenvalue weighted by atomic mass is 32.1. The summed E-state index contributed by atoms with van der Waals surface area (Å²) in [5.74, 6) is -0.982. The number of ether oxygens (including phenoxy) is 1. The first-order chi connectivity index (χ1) is 8.02. The van der Waals surface area contributed by atoms with Crippen molar-refractivity contribution in [1.82, 2.24) is 4.90 Å². The SMILES string of the molecule is COC(=O)N(C)Cc1cc(C=CC(=O)O)cs1. The van der Waals surface area contributed by atoms with Crippen LogP contribution in [-0.4, -0.2) is 36.2 Å². The van der Waals surface area contributed by atoms with E-state index in [-0.39, 0.29) is 0 Å². The monoisotopic (exact) mass is 255 g/mol. The molecule has 0 aromatic carbocycles. The zero-order chi connectivity index (χ0) is 12.8. The summed E-state index contributed by atoms with van der Waals surface area (Å²) in [6, 6.07) is 1.84. The fourth-order valence-electron chi connectivity index (χ4n) is 1.19. The van der Waals surface area contributed by atoms with Gasteiger partial charge in [0.2, 0.25) is 0 Å². The predicted octanol–water partition coefficient (Wildman–Crippen LogP) is 2.04. The first-order valence-electron chi connectivity index (χ1n) is 4.80. The minimum atomic E-state index is -0.982. The van der Waals surface area contributed by atoms with Gasteiger partial charge in [-0.05, 0) is 23.1 Å². The number of thiophene rings is 1. The number of carbonyl (C=O) groups excluding carboxylic acids is 1. The van der Waals surface area contributed by atoms with Gasteiger partial charge in [-0.25, -0.2) is 9.59 Å². The van der Waals surface area contributed by atoms with Gasteiger partial charge in [-0.1, -0.05) is 0 Å². The van der Waals surface area contributed by atoms with Crippen LogP contribution in [0.25, 0.3) is 6.08 Å². The van der Waals surface area contributed by atoms with E-state index < -0.39 is 12.1 Å². The Morgan fingerprint density at radius 2 is 2.29 bits per heavy atom. The lowest BCUT2D eigenvalue weighted by molar-refractivity contribution is -0.131. The quantitative estimate of drug-likeness (QED) is 0.836. The molecule has 5 nitrogen and oxygen atoms in total. The van der Waals surface area contributed by atoms with Crippen LogP contribution in [0.1, 0.15) is 10.4 Å². The van der Waals surface area contributed by atoms with Gasteiger partial charge < -0.3 is 14.7 Å². The lowest BCUT2D eigenvalue weighted by atomic mass is 10.3. The van der Waals surface area contributed by atoms with Crippen LogP contribution < -0.4 is 0 Å². The second-order valence-corrected chi connectivity index (χ2v) is 4.34. The van der Waals surface area contributed by atoms with Crippen LogP contribution in [0, 0.1) is 0 Å². The summed E-state index contributed by atoms with van der Waals surface area (Å²) >= 11 is 1.46. The van der Waals surface area contributed by atoms with Crippen LogP contribution >= 0.6 is 11.3 Å². The third kappa shape index (κ3) is 4.28. The van der Waals surface area contributed by atoms with Crippen molar-refractivity contribution in [3.8, 4) is 0 Å². The zero-order valence-electron chi connectivity index (χ0n) is 9.54. The van der Waals surface area contributed by atoms with Gasteiger partial charge in [-0.15, -0.1) is 11.3 Å². The number of hydrogen-bond acceptors (Lipinski definition) is 4. The molecule has 0 atom stereocenters. The number of carbonyl (C=O) groups is 2. The largest absolute Gasteiger partial charge is 0.478 e. The van der Waals surface area contributed by atoms with Crippen molar-refractivity contribution in [3.05, 3.63) is 28.0 Å². The Morgan fingerprint density at radius 3 is 2.88 bits per heavy atom. The first-order valence-corrected chi connectivity index (χ1v) is 5.68. The van der Waals surface area contributed by atoms with Crippen molar-refractivity contribution in [2.75, 3.05) is 14.2 Å². The molecule has 0 saturated heterocycles. The van der Waals surface area contributed by atoms with Crippen LogP contribution in [0.2, 0.25) is 0 Å². The molecule has 1 heterocycles. The van der Waals surface area contributed by atoms with Gasteiger partial charge in [-0.2, -0.15) is 0 Å². The minimum Gasteiger partial charge on any atom is -0.478 e. The zero-order valence-corrected chi connectivity index (χ0v) is 10.4. The second-order valence-electron chi connectivity index (χ2n) is 3.34. The Balaban J connectivity index is 2.62. The summed E-state index contributed by atoms with van der Waals surface area (Å²) in [6.45, 7) is 0.443. The fourth-order valence-corrected chi connectivity index (χ4v) is 2.10. The molecule has 1 aromatic heterocycles. The van der Waals surface area contributed by atoms with E-state index in [1.807, 2.05) is 11.4 Å². The van der Waals surface area contributed by atoms with Gasteiger partial charge in [0.15, 0.2) is 0 Å². The standard InChI is InChI=1S/C11H13NO4S/c1-12(11(15)16-2)6-9-5-8(7-17-9)3-4-10(13)14/h3-5,7H,6H2,1-2H3,(H,13,14). The number of rotatable bonds is 4. The highest BCUT2D eigenvalue weighted by Gasteiger charge is 2.09. The summed E-state index contributed by atoms with van der Waals surface area (Å²) in [5, 5.41) is 10.3. The summed E-state index contributed by atoms with van der Waals surface area (Å²) in [4.78, 5) is 23.9. The summed E-state index contributed by atoms with van der Waals surface area (Å²) in [6.07, 6.45) is 2.19. The fraction of sp³-hybridized carbons (Fsp3) is 0.273. The van der Waals surface area contributed by atoms with Gasteiger partial charge in [0.05, 0.1) is 13.7 Å². The summed E-state index contributed by atoms with van der Waals surface area (Å²) in [5.41, 5.74) is 0.811. The molecule has 6 heteroatoms. The second kappa shape index (κ2) is 6.05. The number of nitrogens with zero attached hydrogens (tertiary/aromatic N) is 1. The normalized spacial score (nSPS) is 10.5. The van der Waals surface area contributed by atoms with Crippen molar-refractivity contribution in [3.63, 3.8) is 0 Å². The van der Waals surface area contributed by atoms with Gasteiger partial charge in [0, 0.05) is 18.0 Å². The van der Waals surface area contributed by atoms with Crippen LogP contribution in [0.5, 0.6) is 0 Å². The summed E-state index contributed by atoms with van der Waals surface area (Å²) in [7, 11) is 2.96. The smallest absolute Gasteiger partial charge is 0.409 e. The van der Waals surface area contributed by atoms with Gasteiger partial charge >= 0.3 is 12.1 Å². The average Bonchev–Trinajstić information content (AvgIpc) is 2.73. The number of aliphatic carboxylic acids is 1. The van der Waals surface area contributed by atoms with Crippen molar-refractivity contribution < 1.29 is 19.4 Å². The van der Waals surface area contributed by atoms with Crippen molar-refractivity contribution >= 4 is 29.5 Å². The number of amides is 1. The van der Waals surface area contributed by atoms with Gasteiger partial charge in [0.1, 0.15) is 0 Å². The third-order valence-electron chi connectivity index (χ3n) is 1.97. The topological polar surface area (TPSA) is 66.8 Å². The Hall–Kier alpha value is -1.82. The molecule has 92 valence electrons. The molecule has 1 aromatic rings.